The fraction of sp³-hybridized carbons (Fsp3) is 1.00. The average Bonchev–Trinajstić information content (AvgIpc) is 2.90. The highest BCUT2D eigenvalue weighted by molar-refractivity contribution is 4.73. The van der Waals surface area contributed by atoms with Crippen molar-refractivity contribution < 1.29 is 0 Å². The Balaban J connectivity index is 1.72. The molecular weight excluding hydrogens is 432 g/mol. The first-order valence-electron chi connectivity index (χ1n) is 17.9. The molecule has 1 saturated carbocycles. The Morgan fingerprint density at radius 3 is 0.694 bits per heavy atom. The van der Waals surface area contributed by atoms with Crippen LogP contribution in [0.1, 0.15) is 219 Å². The lowest BCUT2D eigenvalue weighted by atomic mass is 9.78. The summed E-state index contributed by atoms with van der Waals surface area (Å²) in [6.07, 6.45) is 47.9. The minimum Gasteiger partial charge on any atom is -0.0654 e. The van der Waals surface area contributed by atoms with Crippen molar-refractivity contribution in [3.8, 4) is 0 Å². The molecule has 216 valence electrons. The van der Waals surface area contributed by atoms with E-state index >= 15 is 0 Å². The smallest absolute Gasteiger partial charge is 0.0414 e. The number of rotatable bonds is 28. The number of unbranched alkanes of at least 4 members (excludes halogenated alkanes) is 24. The van der Waals surface area contributed by atoms with Crippen molar-refractivity contribution >= 4 is 0 Å². The van der Waals surface area contributed by atoms with E-state index in [9.17, 15) is 0 Å². The minimum atomic E-state index is 1.08. The molecule has 0 nitrogen and oxygen atoms in total. The fourth-order valence-corrected chi connectivity index (χ4v) is 6.71. The van der Waals surface area contributed by atoms with Gasteiger partial charge in [0.25, 0.3) is 0 Å². The van der Waals surface area contributed by atoms with Gasteiger partial charge in [0.2, 0.25) is 0 Å². The highest BCUT2D eigenvalue weighted by Crippen LogP contribution is 2.34. The molecule has 0 saturated heterocycles. The van der Waals surface area contributed by atoms with Crippen molar-refractivity contribution in [3.05, 3.63) is 0 Å². The SMILES string of the molecule is CCCCCCCCCCCCCCCCCCCCCC1CCC(CCCCCCCCC)CC1. The second kappa shape index (κ2) is 28.0. The third-order valence-electron chi connectivity index (χ3n) is 9.40. The lowest BCUT2D eigenvalue weighted by molar-refractivity contribution is 0.244. The summed E-state index contributed by atoms with van der Waals surface area (Å²) >= 11 is 0. The first-order valence-corrected chi connectivity index (χ1v) is 17.9. The Labute approximate surface area is 231 Å². The standard InChI is InChI=1S/C36H72/c1-3-5-7-9-11-12-13-14-15-16-17-18-19-20-21-22-24-26-28-30-36-33-31-35(32-34-36)29-27-25-23-10-8-6-4-2/h35-36H,3-34H2,1-2H3. The molecule has 0 radical (unpaired) electrons. The zero-order chi connectivity index (χ0) is 25.8. The first-order chi connectivity index (χ1) is 17.9. The Bertz CT molecular complexity index is 391. The molecule has 0 heterocycles. The summed E-state index contributed by atoms with van der Waals surface area (Å²) in [6, 6.07) is 0. The van der Waals surface area contributed by atoms with Gasteiger partial charge in [0.05, 0.1) is 0 Å². The van der Waals surface area contributed by atoms with Crippen LogP contribution in [0.15, 0.2) is 0 Å². The van der Waals surface area contributed by atoms with Crippen LogP contribution in [0.4, 0.5) is 0 Å². The zero-order valence-corrected chi connectivity index (χ0v) is 25.8. The number of hydrogen-bond acceptors (Lipinski definition) is 0. The van der Waals surface area contributed by atoms with Crippen LogP contribution in [0.25, 0.3) is 0 Å². The summed E-state index contributed by atoms with van der Waals surface area (Å²) in [5.41, 5.74) is 0. The molecule has 0 heteroatoms. The summed E-state index contributed by atoms with van der Waals surface area (Å²) < 4.78 is 0. The van der Waals surface area contributed by atoms with Gasteiger partial charge in [-0.3, -0.25) is 0 Å². The monoisotopic (exact) mass is 505 g/mol. The molecule has 0 spiro atoms. The van der Waals surface area contributed by atoms with E-state index in [1.165, 1.54) is 167 Å². The Kier molecular flexibility index (Phi) is 26.5. The Hall–Kier alpha value is 0. The van der Waals surface area contributed by atoms with Gasteiger partial charge in [-0.25, -0.2) is 0 Å². The van der Waals surface area contributed by atoms with Crippen LogP contribution < -0.4 is 0 Å². The van der Waals surface area contributed by atoms with Crippen molar-refractivity contribution in [2.75, 3.05) is 0 Å². The molecule has 0 aromatic carbocycles. The molecule has 0 bridgehead atoms. The highest BCUT2D eigenvalue weighted by atomic mass is 14.3. The van der Waals surface area contributed by atoms with Gasteiger partial charge in [0, 0.05) is 0 Å². The summed E-state index contributed by atoms with van der Waals surface area (Å²) in [7, 11) is 0. The van der Waals surface area contributed by atoms with Crippen LogP contribution in [0.2, 0.25) is 0 Å². The van der Waals surface area contributed by atoms with Gasteiger partial charge in [0.1, 0.15) is 0 Å². The molecule has 1 rings (SSSR count). The van der Waals surface area contributed by atoms with E-state index in [4.69, 9.17) is 0 Å². The van der Waals surface area contributed by atoms with Crippen LogP contribution in [0.5, 0.6) is 0 Å². The van der Waals surface area contributed by atoms with Gasteiger partial charge in [0.15, 0.2) is 0 Å². The third-order valence-corrected chi connectivity index (χ3v) is 9.40. The van der Waals surface area contributed by atoms with Crippen molar-refractivity contribution in [3.63, 3.8) is 0 Å². The maximum Gasteiger partial charge on any atom is -0.0414 e. The van der Waals surface area contributed by atoms with E-state index < -0.39 is 0 Å². The van der Waals surface area contributed by atoms with E-state index in [-0.39, 0.29) is 0 Å². The van der Waals surface area contributed by atoms with Gasteiger partial charge in [-0.2, -0.15) is 0 Å². The minimum absolute atomic E-state index is 1.08. The Morgan fingerprint density at radius 1 is 0.278 bits per heavy atom. The summed E-state index contributed by atoms with van der Waals surface area (Å²) in [4.78, 5) is 0. The molecule has 1 aliphatic carbocycles. The van der Waals surface area contributed by atoms with E-state index in [2.05, 4.69) is 13.8 Å². The fourth-order valence-electron chi connectivity index (χ4n) is 6.71. The van der Waals surface area contributed by atoms with Crippen molar-refractivity contribution in [2.24, 2.45) is 11.8 Å². The Morgan fingerprint density at radius 2 is 0.472 bits per heavy atom. The molecule has 0 amide bonds. The van der Waals surface area contributed by atoms with Gasteiger partial charge < -0.3 is 0 Å². The maximum absolute atomic E-state index is 2.32. The van der Waals surface area contributed by atoms with E-state index in [1.807, 2.05) is 0 Å². The summed E-state index contributed by atoms with van der Waals surface area (Å²) in [5, 5.41) is 0. The first kappa shape index (κ1) is 34.0. The molecule has 0 unspecified atom stereocenters. The van der Waals surface area contributed by atoms with E-state index in [0.29, 0.717) is 0 Å². The molecule has 0 aromatic rings. The molecule has 0 aliphatic heterocycles. The zero-order valence-electron chi connectivity index (χ0n) is 25.8. The van der Waals surface area contributed by atoms with Crippen LogP contribution in [-0.4, -0.2) is 0 Å². The van der Waals surface area contributed by atoms with Gasteiger partial charge >= 0.3 is 0 Å². The van der Waals surface area contributed by atoms with E-state index in [0.717, 1.165) is 11.8 Å². The second-order valence-electron chi connectivity index (χ2n) is 12.9. The van der Waals surface area contributed by atoms with Crippen LogP contribution in [0.3, 0.4) is 0 Å². The van der Waals surface area contributed by atoms with Gasteiger partial charge in [-0.05, 0) is 11.8 Å². The molecule has 1 fully saturated rings. The predicted octanol–water partition coefficient (Wildman–Crippen LogP) is 13.8. The lowest BCUT2D eigenvalue weighted by Crippen LogP contribution is -2.14. The third kappa shape index (κ3) is 23.1. The van der Waals surface area contributed by atoms with Crippen molar-refractivity contribution in [1.29, 1.82) is 0 Å². The van der Waals surface area contributed by atoms with Crippen LogP contribution in [-0.2, 0) is 0 Å². The largest absolute Gasteiger partial charge is 0.0654 e. The maximum atomic E-state index is 2.32. The van der Waals surface area contributed by atoms with Crippen LogP contribution in [0, 0.1) is 11.8 Å². The second-order valence-corrected chi connectivity index (χ2v) is 12.9. The van der Waals surface area contributed by atoms with E-state index in [1.54, 1.807) is 38.5 Å². The topological polar surface area (TPSA) is 0 Å². The summed E-state index contributed by atoms with van der Waals surface area (Å²) in [6.45, 7) is 4.63. The van der Waals surface area contributed by atoms with Crippen LogP contribution >= 0.6 is 0 Å². The highest BCUT2D eigenvalue weighted by Gasteiger charge is 2.20. The van der Waals surface area contributed by atoms with Crippen molar-refractivity contribution in [2.45, 2.75) is 219 Å². The molecular formula is C36H72. The molecule has 1 aliphatic rings. The average molecular weight is 505 g/mol. The number of hydrogen-bond donors (Lipinski definition) is 0. The molecule has 0 atom stereocenters. The predicted molar refractivity (Wildman–Crippen MR) is 166 cm³/mol. The summed E-state index contributed by atoms with van der Waals surface area (Å²) in [5.74, 6) is 2.17. The van der Waals surface area contributed by atoms with Crippen molar-refractivity contribution in [1.82, 2.24) is 0 Å². The lowest BCUT2D eigenvalue weighted by Gasteiger charge is -2.28. The van der Waals surface area contributed by atoms with Gasteiger partial charge in [-0.15, -0.1) is 0 Å². The molecule has 36 heavy (non-hydrogen) atoms. The normalized spacial score (nSPS) is 18.2. The van der Waals surface area contributed by atoms with Gasteiger partial charge in [-0.1, -0.05) is 219 Å². The molecule has 0 N–H and O–H groups in total. The quantitative estimate of drug-likeness (QED) is 0.0929. The molecule has 0 aromatic heterocycles.